The number of rotatable bonds is 5. The molecule has 1 atom stereocenters. The molecule has 3 rings (SSSR count). The van der Waals surface area contributed by atoms with Crippen molar-refractivity contribution in [3.63, 3.8) is 0 Å². The lowest BCUT2D eigenvalue weighted by Crippen LogP contribution is -2.16. The summed E-state index contributed by atoms with van der Waals surface area (Å²) in [5, 5.41) is 0.316. The first-order chi connectivity index (χ1) is 11.8. The molecule has 0 amide bonds. The molecule has 1 aliphatic heterocycles. The fraction of sp³-hybridized carbons (Fsp3) is 0.250. The number of fused-ring (bicyclic) bond motifs is 2. The van der Waals surface area contributed by atoms with Gasteiger partial charge in [-0.25, -0.2) is 0 Å². The number of halogens is 2. The van der Waals surface area contributed by atoms with Crippen molar-refractivity contribution in [3.8, 4) is 5.75 Å². The zero-order chi connectivity index (χ0) is 18.2. The van der Waals surface area contributed by atoms with Gasteiger partial charge in [-0.1, -0.05) is 41.4 Å². The normalized spacial score (nSPS) is 16.2. The zero-order valence-corrected chi connectivity index (χ0v) is 16.0. The minimum Gasteiger partial charge on any atom is -0.606 e. The average Bonchev–Trinajstić information content (AvgIpc) is 2.55. The summed E-state index contributed by atoms with van der Waals surface area (Å²) < 4.78 is 48.5. The van der Waals surface area contributed by atoms with Gasteiger partial charge in [0.2, 0.25) is 0 Å². The number of ether oxygens (including phenoxy) is 1. The molecule has 9 heteroatoms. The average molecular weight is 421 g/mol. The van der Waals surface area contributed by atoms with Gasteiger partial charge in [-0.3, -0.25) is 4.55 Å². The highest BCUT2D eigenvalue weighted by molar-refractivity contribution is 7.91. The first kappa shape index (κ1) is 18.8. The second kappa shape index (κ2) is 7.34. The standard InChI is InChI=1S/C16H14Cl2O5S2/c17-14-12(23-6-3-7-25(20,21)22)9-11-8-10-4-1-2-5-13(10)24(19)16(11)15(14)18/h1-2,4-5,9H,3,6-8H2,(H,20,21,22). The molecule has 0 radical (unpaired) electrons. The fourth-order valence-corrected chi connectivity index (χ4v) is 5.24. The van der Waals surface area contributed by atoms with E-state index in [0.29, 0.717) is 17.1 Å². The van der Waals surface area contributed by atoms with Gasteiger partial charge in [-0.15, -0.1) is 0 Å². The molecule has 5 nitrogen and oxygen atoms in total. The Morgan fingerprint density at radius 1 is 1.20 bits per heavy atom. The molecule has 2 aromatic rings. The zero-order valence-electron chi connectivity index (χ0n) is 12.9. The molecule has 0 saturated heterocycles. The molecule has 0 aliphatic carbocycles. The first-order valence-electron chi connectivity index (χ1n) is 7.36. The van der Waals surface area contributed by atoms with Crippen LogP contribution in [0, 0.1) is 0 Å². The van der Waals surface area contributed by atoms with Crippen LogP contribution in [0.2, 0.25) is 10.0 Å². The minimum atomic E-state index is -4.03. The van der Waals surface area contributed by atoms with Crippen LogP contribution >= 0.6 is 23.2 Å². The van der Waals surface area contributed by atoms with Crippen molar-refractivity contribution >= 4 is 44.5 Å². The van der Waals surface area contributed by atoms with Crippen LogP contribution < -0.4 is 4.74 Å². The van der Waals surface area contributed by atoms with Gasteiger partial charge in [0, 0.05) is 28.7 Å². The van der Waals surface area contributed by atoms with E-state index in [1.165, 1.54) is 0 Å². The lowest BCUT2D eigenvalue weighted by molar-refractivity contribution is 0.315. The van der Waals surface area contributed by atoms with E-state index in [2.05, 4.69) is 0 Å². The summed E-state index contributed by atoms with van der Waals surface area (Å²) in [4.78, 5) is 1.20. The summed E-state index contributed by atoms with van der Waals surface area (Å²) >= 11 is 11.1. The molecule has 2 aromatic carbocycles. The van der Waals surface area contributed by atoms with Gasteiger partial charge in [0.05, 0.1) is 12.4 Å². The Morgan fingerprint density at radius 3 is 2.64 bits per heavy atom. The third-order valence-electron chi connectivity index (χ3n) is 3.75. The van der Waals surface area contributed by atoms with Crippen LogP contribution in [0.5, 0.6) is 5.75 Å². The first-order valence-corrected chi connectivity index (χ1v) is 10.9. The highest BCUT2D eigenvalue weighted by Crippen LogP contribution is 2.45. The van der Waals surface area contributed by atoms with E-state index in [9.17, 15) is 13.0 Å². The van der Waals surface area contributed by atoms with E-state index in [1.807, 2.05) is 18.2 Å². The maximum atomic E-state index is 12.8. The van der Waals surface area contributed by atoms with E-state index in [-0.39, 0.29) is 23.1 Å². The van der Waals surface area contributed by atoms with Crippen molar-refractivity contribution in [3.05, 3.63) is 51.5 Å². The molecule has 0 bridgehead atoms. The number of benzene rings is 2. The Bertz CT molecular complexity index is 915. The van der Waals surface area contributed by atoms with Crippen molar-refractivity contribution in [1.82, 2.24) is 0 Å². The summed E-state index contributed by atoms with van der Waals surface area (Å²) in [6.07, 6.45) is 0.661. The third kappa shape index (κ3) is 4.07. The smallest absolute Gasteiger partial charge is 0.264 e. The van der Waals surface area contributed by atoms with Crippen LogP contribution in [0.1, 0.15) is 17.5 Å². The maximum Gasteiger partial charge on any atom is 0.264 e. The van der Waals surface area contributed by atoms with Crippen molar-refractivity contribution in [2.24, 2.45) is 0 Å². The second-order valence-electron chi connectivity index (χ2n) is 5.53. The molecule has 0 fully saturated rings. The molecule has 1 unspecified atom stereocenters. The summed E-state index contributed by atoms with van der Waals surface area (Å²) in [5.74, 6) is -0.0992. The summed E-state index contributed by atoms with van der Waals surface area (Å²) in [6.45, 7) is 0.0499. The lowest BCUT2D eigenvalue weighted by Gasteiger charge is -2.24. The quantitative estimate of drug-likeness (QED) is 0.452. The van der Waals surface area contributed by atoms with E-state index < -0.39 is 27.0 Å². The van der Waals surface area contributed by atoms with Crippen molar-refractivity contribution in [2.45, 2.75) is 22.6 Å². The van der Waals surface area contributed by atoms with Crippen LogP contribution in [-0.4, -0.2) is 29.9 Å². The van der Waals surface area contributed by atoms with E-state index in [0.717, 1.165) is 16.0 Å². The minimum absolute atomic E-state index is 0.0499. The number of hydrogen-bond donors (Lipinski definition) is 1. The molecule has 1 heterocycles. The van der Waals surface area contributed by atoms with E-state index in [4.69, 9.17) is 32.5 Å². The van der Waals surface area contributed by atoms with Crippen molar-refractivity contribution in [1.29, 1.82) is 0 Å². The predicted molar refractivity (Wildman–Crippen MR) is 96.9 cm³/mol. The largest absolute Gasteiger partial charge is 0.606 e. The van der Waals surface area contributed by atoms with Gasteiger partial charge in [0.1, 0.15) is 15.8 Å². The molecule has 0 saturated carbocycles. The molecule has 25 heavy (non-hydrogen) atoms. The Morgan fingerprint density at radius 2 is 1.92 bits per heavy atom. The number of hydrogen-bond acceptors (Lipinski definition) is 4. The molecule has 1 N–H and O–H groups in total. The summed E-state index contributed by atoms with van der Waals surface area (Å²) in [7, 11) is -4.03. The molecule has 0 spiro atoms. The molecular formula is C16H14Cl2O5S2. The Labute approximate surface area is 158 Å². The highest BCUT2D eigenvalue weighted by atomic mass is 35.5. The van der Waals surface area contributed by atoms with Crippen molar-refractivity contribution < 1.29 is 22.3 Å². The van der Waals surface area contributed by atoms with Crippen LogP contribution in [0.4, 0.5) is 0 Å². The molecular weight excluding hydrogens is 407 g/mol. The predicted octanol–water partition coefficient (Wildman–Crippen LogP) is 3.72. The van der Waals surface area contributed by atoms with Crippen LogP contribution in [0.15, 0.2) is 40.1 Å². The summed E-state index contributed by atoms with van der Waals surface area (Å²) in [6, 6.07) is 9.10. The maximum absolute atomic E-state index is 12.8. The molecule has 134 valence electrons. The van der Waals surface area contributed by atoms with Gasteiger partial charge in [-0.2, -0.15) is 8.42 Å². The molecule has 0 aromatic heterocycles. The SMILES string of the molecule is O=S(=O)(O)CCCOc1cc2c(c(Cl)c1Cl)[S+]([O-])c1ccccc1C2. The lowest BCUT2D eigenvalue weighted by atomic mass is 10.0. The van der Waals surface area contributed by atoms with Gasteiger partial charge in [0.15, 0.2) is 9.79 Å². The highest BCUT2D eigenvalue weighted by Gasteiger charge is 2.33. The van der Waals surface area contributed by atoms with Crippen molar-refractivity contribution in [2.75, 3.05) is 12.4 Å². The van der Waals surface area contributed by atoms with Gasteiger partial charge < -0.3 is 9.29 Å². The topological polar surface area (TPSA) is 86.7 Å². The Hall–Kier alpha value is -0.960. The second-order valence-corrected chi connectivity index (χ2v) is 9.25. The summed E-state index contributed by atoms with van der Waals surface area (Å²) in [5.41, 5.74) is 1.71. The fourth-order valence-electron chi connectivity index (χ4n) is 2.64. The van der Waals surface area contributed by atoms with Gasteiger partial charge in [-0.05, 0) is 18.6 Å². The third-order valence-corrected chi connectivity index (χ3v) is 7.15. The van der Waals surface area contributed by atoms with Gasteiger partial charge >= 0.3 is 0 Å². The van der Waals surface area contributed by atoms with Crippen LogP contribution in [-0.2, 0) is 27.7 Å². The van der Waals surface area contributed by atoms with Crippen LogP contribution in [0.25, 0.3) is 0 Å². The van der Waals surface area contributed by atoms with Crippen LogP contribution in [0.3, 0.4) is 0 Å². The Kier molecular flexibility index (Phi) is 5.53. The van der Waals surface area contributed by atoms with E-state index in [1.54, 1.807) is 12.1 Å². The Balaban J connectivity index is 1.86. The van der Waals surface area contributed by atoms with E-state index >= 15 is 0 Å². The van der Waals surface area contributed by atoms with Gasteiger partial charge in [0.25, 0.3) is 10.1 Å². The molecule has 1 aliphatic rings. The monoisotopic (exact) mass is 420 g/mol.